The first kappa shape index (κ1) is 17.2. The van der Waals surface area contributed by atoms with Crippen molar-refractivity contribution in [2.45, 2.75) is 0 Å². The Morgan fingerprint density at radius 1 is 1.04 bits per heavy atom. The van der Waals surface area contributed by atoms with Gasteiger partial charge in [0, 0.05) is 25.6 Å². The number of nitrogens with zero attached hydrogens (tertiary/aromatic N) is 1. The van der Waals surface area contributed by atoms with Crippen LogP contribution in [0, 0.1) is 5.92 Å². The average molecular weight is 371 g/mol. The molecular weight excluding hydrogens is 350 g/mol. The molecule has 5 nitrogen and oxygen atoms in total. The summed E-state index contributed by atoms with van der Waals surface area (Å²) in [6.07, 6.45) is 16.1. The molecule has 0 spiro atoms. The van der Waals surface area contributed by atoms with Crippen molar-refractivity contribution in [2.75, 3.05) is 37.7 Å². The van der Waals surface area contributed by atoms with Crippen molar-refractivity contribution in [3.8, 4) is 0 Å². The Kier molecular flexibility index (Phi) is 4.54. The van der Waals surface area contributed by atoms with Gasteiger partial charge in [0.1, 0.15) is 6.61 Å². The van der Waals surface area contributed by atoms with E-state index in [0.29, 0.717) is 25.2 Å². The fourth-order valence-electron chi connectivity index (χ4n) is 3.66. The zero-order chi connectivity index (χ0) is 18.1. The third-order valence-corrected chi connectivity index (χ3v) is 6.72. The number of rotatable bonds is 4. The molecule has 1 heterocycles. The number of carbonyl (C=O) groups excluding carboxylic acids is 1. The second-order valence-corrected chi connectivity index (χ2v) is 9.16. The van der Waals surface area contributed by atoms with E-state index in [1.165, 1.54) is 5.57 Å². The van der Waals surface area contributed by atoms with Crippen LogP contribution in [0.4, 0.5) is 0 Å². The van der Waals surface area contributed by atoms with Crippen LogP contribution in [0.5, 0.6) is 0 Å². The van der Waals surface area contributed by atoms with Gasteiger partial charge in [-0.3, -0.25) is 4.90 Å². The maximum absolute atomic E-state index is 12.4. The van der Waals surface area contributed by atoms with Crippen molar-refractivity contribution < 1.29 is 17.9 Å². The molecule has 4 aliphatic rings. The molecule has 0 N–H and O–H groups in total. The Bertz CT molecular complexity index is 899. The smallest absolute Gasteiger partial charge is 0.338 e. The quantitative estimate of drug-likeness (QED) is 0.705. The predicted octanol–water partition coefficient (Wildman–Crippen LogP) is 1.74. The summed E-state index contributed by atoms with van der Waals surface area (Å²) in [6.45, 7) is 1.84. The first-order valence-electron chi connectivity index (χ1n) is 8.82. The van der Waals surface area contributed by atoms with E-state index in [-0.39, 0.29) is 30.0 Å². The number of sulfone groups is 1. The third kappa shape index (κ3) is 3.52. The molecule has 6 heteroatoms. The van der Waals surface area contributed by atoms with Crippen molar-refractivity contribution in [1.82, 2.24) is 4.90 Å². The maximum atomic E-state index is 12.4. The summed E-state index contributed by atoms with van der Waals surface area (Å²) in [5, 5.41) is 0. The van der Waals surface area contributed by atoms with E-state index >= 15 is 0 Å². The van der Waals surface area contributed by atoms with Crippen LogP contribution in [0.1, 0.15) is 0 Å². The van der Waals surface area contributed by atoms with Gasteiger partial charge in [0.2, 0.25) is 0 Å². The second-order valence-electron chi connectivity index (χ2n) is 6.86. The van der Waals surface area contributed by atoms with Crippen LogP contribution in [-0.2, 0) is 19.4 Å². The van der Waals surface area contributed by atoms with Crippen molar-refractivity contribution in [3.05, 3.63) is 70.9 Å². The number of ether oxygens (including phenoxy) is 1. The topological polar surface area (TPSA) is 63.7 Å². The molecule has 0 radical (unpaired) electrons. The summed E-state index contributed by atoms with van der Waals surface area (Å²) < 4.78 is 28.3. The maximum Gasteiger partial charge on any atom is 0.338 e. The highest BCUT2D eigenvalue weighted by Crippen LogP contribution is 2.40. The predicted molar refractivity (Wildman–Crippen MR) is 100 cm³/mol. The summed E-state index contributed by atoms with van der Waals surface area (Å²) in [4.78, 5) is 14.5. The van der Waals surface area contributed by atoms with Gasteiger partial charge in [0.25, 0.3) is 0 Å². The molecule has 1 unspecified atom stereocenters. The lowest BCUT2D eigenvalue weighted by atomic mass is 9.75. The molecule has 4 rings (SSSR count). The fourth-order valence-corrected chi connectivity index (χ4v) is 4.94. The minimum atomic E-state index is -2.88. The summed E-state index contributed by atoms with van der Waals surface area (Å²) in [6, 6.07) is 0. The molecule has 0 amide bonds. The number of hydrogen-bond acceptors (Lipinski definition) is 5. The number of hydrogen-bond donors (Lipinski definition) is 0. The lowest BCUT2D eigenvalue weighted by Crippen LogP contribution is -2.41. The molecule has 1 fully saturated rings. The number of carbonyl (C=O) groups is 1. The van der Waals surface area contributed by atoms with Gasteiger partial charge in [-0.2, -0.15) is 0 Å². The molecule has 26 heavy (non-hydrogen) atoms. The summed E-state index contributed by atoms with van der Waals surface area (Å²) in [5.74, 6) is 0.254. The van der Waals surface area contributed by atoms with Crippen molar-refractivity contribution >= 4 is 15.8 Å². The molecule has 1 saturated heterocycles. The SMILES string of the molecule is O=C(OCCN1CCS(=O)(=O)CC1)C1=CC2=CC=CC3=CC=CC(=C1)C32. The van der Waals surface area contributed by atoms with Crippen LogP contribution < -0.4 is 0 Å². The largest absolute Gasteiger partial charge is 0.461 e. The highest BCUT2D eigenvalue weighted by Gasteiger charge is 2.28. The molecule has 3 aliphatic carbocycles. The number of esters is 1. The van der Waals surface area contributed by atoms with Gasteiger partial charge in [0.15, 0.2) is 9.84 Å². The van der Waals surface area contributed by atoms with Crippen LogP contribution in [0.15, 0.2) is 70.9 Å². The average Bonchev–Trinajstić information content (AvgIpc) is 2.63. The molecule has 136 valence electrons. The zero-order valence-corrected chi connectivity index (χ0v) is 15.2. The fraction of sp³-hybridized carbons (Fsp3) is 0.350. The van der Waals surface area contributed by atoms with Crippen molar-refractivity contribution in [3.63, 3.8) is 0 Å². The van der Waals surface area contributed by atoms with Gasteiger partial charge in [-0.15, -0.1) is 0 Å². The molecule has 0 saturated carbocycles. The lowest BCUT2D eigenvalue weighted by Gasteiger charge is -2.29. The zero-order valence-electron chi connectivity index (χ0n) is 14.4. The highest BCUT2D eigenvalue weighted by molar-refractivity contribution is 7.91. The third-order valence-electron chi connectivity index (χ3n) is 5.11. The molecule has 0 aromatic rings. The van der Waals surface area contributed by atoms with Crippen LogP contribution in [0.25, 0.3) is 0 Å². The van der Waals surface area contributed by atoms with E-state index < -0.39 is 9.84 Å². The van der Waals surface area contributed by atoms with Gasteiger partial charge in [-0.25, -0.2) is 13.2 Å². The van der Waals surface area contributed by atoms with Crippen LogP contribution >= 0.6 is 0 Å². The first-order valence-corrected chi connectivity index (χ1v) is 10.6. The Morgan fingerprint density at radius 3 is 2.50 bits per heavy atom. The Balaban J connectivity index is 1.36. The Morgan fingerprint density at radius 2 is 1.73 bits per heavy atom. The van der Waals surface area contributed by atoms with E-state index in [1.807, 2.05) is 41.4 Å². The summed E-state index contributed by atoms with van der Waals surface area (Å²) >= 11 is 0. The van der Waals surface area contributed by atoms with Gasteiger partial charge < -0.3 is 4.74 Å². The lowest BCUT2D eigenvalue weighted by molar-refractivity contribution is -0.139. The standard InChI is InChI=1S/C20H21NO4S/c22-20(25-10-7-21-8-11-26(23,24)12-9-21)18-13-16-5-1-3-15-4-2-6-17(14-18)19(15)16/h1-6,13-14,19H,7-12H2. The van der Waals surface area contributed by atoms with E-state index in [4.69, 9.17) is 4.74 Å². The van der Waals surface area contributed by atoms with Crippen molar-refractivity contribution in [2.24, 2.45) is 5.92 Å². The highest BCUT2D eigenvalue weighted by atomic mass is 32.2. The van der Waals surface area contributed by atoms with Gasteiger partial charge in [-0.05, 0) is 28.9 Å². The molecule has 1 atom stereocenters. The van der Waals surface area contributed by atoms with Crippen LogP contribution in [-0.4, -0.2) is 57.0 Å². The first-order chi connectivity index (χ1) is 12.5. The molecule has 0 aromatic carbocycles. The minimum Gasteiger partial charge on any atom is -0.461 e. The Hall–Kier alpha value is -2.18. The van der Waals surface area contributed by atoms with Gasteiger partial charge in [-0.1, -0.05) is 36.5 Å². The molecule has 1 aliphatic heterocycles. The van der Waals surface area contributed by atoms with Crippen LogP contribution in [0.3, 0.4) is 0 Å². The van der Waals surface area contributed by atoms with Gasteiger partial charge >= 0.3 is 5.97 Å². The van der Waals surface area contributed by atoms with Crippen LogP contribution in [0.2, 0.25) is 0 Å². The second kappa shape index (κ2) is 6.85. The van der Waals surface area contributed by atoms with E-state index in [2.05, 4.69) is 12.2 Å². The van der Waals surface area contributed by atoms with Crippen molar-refractivity contribution in [1.29, 1.82) is 0 Å². The molecule has 0 aromatic heterocycles. The molecular formula is C20H21NO4S. The summed E-state index contributed by atoms with van der Waals surface area (Å²) in [5.41, 5.74) is 4.01. The number of allylic oxidation sites excluding steroid dienone is 10. The Labute approximate surface area is 153 Å². The van der Waals surface area contributed by atoms with E-state index in [9.17, 15) is 13.2 Å². The van der Waals surface area contributed by atoms with E-state index in [1.54, 1.807) is 0 Å². The van der Waals surface area contributed by atoms with E-state index in [0.717, 1.165) is 11.1 Å². The minimum absolute atomic E-state index is 0.184. The monoisotopic (exact) mass is 371 g/mol. The van der Waals surface area contributed by atoms with Gasteiger partial charge in [0.05, 0.1) is 17.1 Å². The normalized spacial score (nSPS) is 26.2. The molecule has 0 bridgehead atoms. The summed E-state index contributed by atoms with van der Waals surface area (Å²) in [7, 11) is -2.88.